The lowest BCUT2D eigenvalue weighted by Crippen LogP contribution is -2.35. The van der Waals surface area contributed by atoms with Crippen molar-refractivity contribution in [1.82, 2.24) is 19.8 Å². The fourth-order valence-electron chi connectivity index (χ4n) is 2.81. The van der Waals surface area contributed by atoms with Gasteiger partial charge in [0.05, 0.1) is 12.1 Å². The number of hydrogen-bond acceptors (Lipinski definition) is 4. The second-order valence-electron chi connectivity index (χ2n) is 5.45. The van der Waals surface area contributed by atoms with Gasteiger partial charge >= 0.3 is 0 Å². The van der Waals surface area contributed by atoms with Gasteiger partial charge in [-0.1, -0.05) is 0 Å². The smallest absolute Gasteiger partial charge is 0.273 e. The molecule has 1 atom stereocenters. The van der Waals surface area contributed by atoms with E-state index in [1.807, 2.05) is 18.3 Å². The number of hydrogen-bond donors (Lipinski definition) is 1. The van der Waals surface area contributed by atoms with Crippen LogP contribution in [0.2, 0.25) is 0 Å². The Hall–Kier alpha value is -2.15. The summed E-state index contributed by atoms with van der Waals surface area (Å²) in [7, 11) is 1.64. The molecule has 0 saturated carbocycles. The van der Waals surface area contributed by atoms with Crippen LogP contribution in [0.5, 0.6) is 0 Å². The lowest BCUT2D eigenvalue weighted by Gasteiger charge is -2.23. The van der Waals surface area contributed by atoms with E-state index in [4.69, 9.17) is 0 Å². The highest BCUT2D eigenvalue weighted by atomic mass is 32.1. The average molecular weight is 318 g/mol. The van der Waals surface area contributed by atoms with Crippen LogP contribution in [0, 0.1) is 5.92 Å². The molecule has 1 aliphatic rings. The van der Waals surface area contributed by atoms with E-state index in [1.165, 1.54) is 11.3 Å². The SMILES string of the molecule is CNC(=O)CC1CN(C(=O)c2cscn2)Cc2cccn2C1. The molecule has 1 N–H and O–H groups in total. The summed E-state index contributed by atoms with van der Waals surface area (Å²) in [6.07, 6.45) is 2.41. The summed E-state index contributed by atoms with van der Waals surface area (Å²) in [6, 6.07) is 3.99. The normalized spacial score (nSPS) is 17.7. The van der Waals surface area contributed by atoms with Gasteiger partial charge in [-0.3, -0.25) is 9.59 Å². The molecule has 1 unspecified atom stereocenters. The van der Waals surface area contributed by atoms with Crippen molar-refractivity contribution < 1.29 is 9.59 Å². The Morgan fingerprint density at radius 2 is 2.32 bits per heavy atom. The van der Waals surface area contributed by atoms with Crippen LogP contribution in [-0.4, -0.2) is 39.9 Å². The topological polar surface area (TPSA) is 67.2 Å². The van der Waals surface area contributed by atoms with Gasteiger partial charge in [0, 0.05) is 49.7 Å². The van der Waals surface area contributed by atoms with Crippen LogP contribution in [0.4, 0.5) is 0 Å². The Labute approximate surface area is 132 Å². The fourth-order valence-corrected chi connectivity index (χ4v) is 3.33. The predicted octanol–water partition coefficient (Wildman–Crippen LogP) is 1.35. The van der Waals surface area contributed by atoms with E-state index in [0.717, 1.165) is 12.2 Å². The summed E-state index contributed by atoms with van der Waals surface area (Å²) in [6.45, 7) is 1.86. The first-order valence-corrected chi connectivity index (χ1v) is 8.13. The van der Waals surface area contributed by atoms with Gasteiger partial charge in [0.1, 0.15) is 5.69 Å². The summed E-state index contributed by atoms with van der Waals surface area (Å²) in [5.74, 6) is 0.0238. The lowest BCUT2D eigenvalue weighted by molar-refractivity contribution is -0.121. The first kappa shape index (κ1) is 14.8. The molecule has 2 amide bonds. The van der Waals surface area contributed by atoms with Crippen LogP contribution >= 0.6 is 11.3 Å². The molecule has 0 saturated heterocycles. The third-order valence-electron chi connectivity index (χ3n) is 3.90. The van der Waals surface area contributed by atoms with Gasteiger partial charge in [-0.05, 0) is 12.1 Å². The molecule has 0 aliphatic carbocycles. The van der Waals surface area contributed by atoms with Gasteiger partial charge in [0.2, 0.25) is 5.91 Å². The van der Waals surface area contributed by atoms with Crippen molar-refractivity contribution in [3.8, 4) is 0 Å². The maximum atomic E-state index is 12.6. The molecule has 3 heterocycles. The molecule has 0 bridgehead atoms. The van der Waals surface area contributed by atoms with E-state index in [2.05, 4.69) is 14.9 Å². The van der Waals surface area contributed by atoms with E-state index < -0.39 is 0 Å². The molecule has 116 valence electrons. The zero-order valence-electron chi connectivity index (χ0n) is 12.4. The molecule has 0 spiro atoms. The first-order valence-electron chi connectivity index (χ1n) is 7.19. The maximum absolute atomic E-state index is 12.6. The molecule has 7 heteroatoms. The zero-order chi connectivity index (χ0) is 15.5. The molecule has 1 aliphatic heterocycles. The number of nitrogens with zero attached hydrogens (tertiary/aromatic N) is 3. The van der Waals surface area contributed by atoms with Crippen LogP contribution in [0.1, 0.15) is 22.6 Å². The predicted molar refractivity (Wildman–Crippen MR) is 83.5 cm³/mol. The number of carbonyl (C=O) groups is 2. The Balaban J connectivity index is 1.83. The number of aromatic nitrogens is 2. The number of thiazole rings is 1. The van der Waals surface area contributed by atoms with E-state index >= 15 is 0 Å². The van der Waals surface area contributed by atoms with Crippen molar-refractivity contribution in [3.63, 3.8) is 0 Å². The second kappa shape index (κ2) is 6.31. The van der Waals surface area contributed by atoms with Crippen molar-refractivity contribution in [2.45, 2.75) is 19.5 Å². The zero-order valence-corrected chi connectivity index (χ0v) is 13.2. The summed E-state index contributed by atoms with van der Waals surface area (Å²) in [5.41, 5.74) is 3.22. The molecule has 2 aromatic heterocycles. The molecular formula is C15H18N4O2S. The standard InChI is InChI=1S/C15H18N4O2S/c1-16-14(20)5-11-6-18-4-2-3-12(18)8-19(7-11)15(21)13-9-22-10-17-13/h2-4,9-11H,5-8H2,1H3,(H,16,20). The monoisotopic (exact) mass is 318 g/mol. The minimum Gasteiger partial charge on any atom is -0.359 e. The van der Waals surface area contributed by atoms with Gasteiger partial charge in [-0.25, -0.2) is 4.98 Å². The van der Waals surface area contributed by atoms with Gasteiger partial charge in [0.15, 0.2) is 0 Å². The van der Waals surface area contributed by atoms with E-state index in [-0.39, 0.29) is 17.7 Å². The third-order valence-corrected chi connectivity index (χ3v) is 4.49. The Kier molecular flexibility index (Phi) is 4.24. The molecule has 22 heavy (non-hydrogen) atoms. The first-order chi connectivity index (χ1) is 10.7. The fraction of sp³-hybridized carbons (Fsp3) is 0.400. The highest BCUT2D eigenvalue weighted by Gasteiger charge is 2.27. The maximum Gasteiger partial charge on any atom is 0.273 e. The molecule has 0 fully saturated rings. The third kappa shape index (κ3) is 3.04. The van der Waals surface area contributed by atoms with Crippen molar-refractivity contribution >= 4 is 23.2 Å². The average Bonchev–Trinajstić information content (AvgIpc) is 3.15. The van der Waals surface area contributed by atoms with Crippen LogP contribution in [0.25, 0.3) is 0 Å². The molecular weight excluding hydrogens is 300 g/mol. The van der Waals surface area contributed by atoms with Gasteiger partial charge in [-0.2, -0.15) is 0 Å². The van der Waals surface area contributed by atoms with Crippen LogP contribution in [0.15, 0.2) is 29.2 Å². The lowest BCUT2D eigenvalue weighted by atomic mass is 10.0. The summed E-state index contributed by atoms with van der Waals surface area (Å²) < 4.78 is 2.13. The minimum absolute atomic E-state index is 0.00154. The number of rotatable bonds is 3. The summed E-state index contributed by atoms with van der Waals surface area (Å²) in [5, 5.41) is 4.42. The van der Waals surface area contributed by atoms with E-state index in [9.17, 15) is 9.59 Å². The molecule has 0 radical (unpaired) electrons. The highest BCUT2D eigenvalue weighted by molar-refractivity contribution is 7.07. The van der Waals surface area contributed by atoms with Crippen molar-refractivity contribution in [2.75, 3.05) is 13.6 Å². The van der Waals surface area contributed by atoms with Gasteiger partial charge in [-0.15, -0.1) is 11.3 Å². The van der Waals surface area contributed by atoms with Gasteiger partial charge in [0.25, 0.3) is 5.91 Å². The molecule has 2 aromatic rings. The second-order valence-corrected chi connectivity index (χ2v) is 6.17. The van der Waals surface area contributed by atoms with Crippen LogP contribution in [-0.2, 0) is 17.9 Å². The minimum atomic E-state index is -0.0715. The number of amides is 2. The molecule has 6 nitrogen and oxygen atoms in total. The van der Waals surface area contributed by atoms with E-state index in [1.54, 1.807) is 22.8 Å². The Morgan fingerprint density at radius 1 is 1.45 bits per heavy atom. The molecule has 3 rings (SSSR count). The summed E-state index contributed by atoms with van der Waals surface area (Å²) in [4.78, 5) is 30.2. The largest absolute Gasteiger partial charge is 0.359 e. The van der Waals surface area contributed by atoms with Crippen molar-refractivity contribution in [1.29, 1.82) is 0 Å². The Morgan fingerprint density at radius 3 is 3.05 bits per heavy atom. The van der Waals surface area contributed by atoms with Crippen LogP contribution in [0.3, 0.4) is 0 Å². The van der Waals surface area contributed by atoms with Crippen LogP contribution < -0.4 is 5.32 Å². The van der Waals surface area contributed by atoms with Crippen molar-refractivity contribution in [2.24, 2.45) is 5.92 Å². The Bertz CT molecular complexity index is 665. The number of fused-ring (bicyclic) bond motifs is 1. The quantitative estimate of drug-likeness (QED) is 0.929. The van der Waals surface area contributed by atoms with Gasteiger partial charge < -0.3 is 14.8 Å². The van der Waals surface area contributed by atoms with Crippen molar-refractivity contribution in [3.05, 3.63) is 40.6 Å². The molecule has 0 aromatic carbocycles. The number of carbonyl (C=O) groups excluding carboxylic acids is 2. The number of nitrogens with one attached hydrogen (secondary N) is 1. The highest BCUT2D eigenvalue weighted by Crippen LogP contribution is 2.21. The summed E-state index contributed by atoms with van der Waals surface area (Å²) >= 11 is 1.41. The van der Waals surface area contributed by atoms with E-state index in [0.29, 0.717) is 25.2 Å².